The minimum absolute atomic E-state index is 0.103. The van der Waals surface area contributed by atoms with Gasteiger partial charge >= 0.3 is 6.18 Å². The summed E-state index contributed by atoms with van der Waals surface area (Å²) in [5.74, 6) is -6.28. The van der Waals surface area contributed by atoms with Crippen LogP contribution in [-0.4, -0.2) is 50.7 Å². The average Bonchev–Trinajstić information content (AvgIpc) is 2.79. The van der Waals surface area contributed by atoms with Gasteiger partial charge in [0.1, 0.15) is 18.0 Å². The van der Waals surface area contributed by atoms with Gasteiger partial charge < -0.3 is 4.55 Å². The van der Waals surface area contributed by atoms with E-state index in [1.807, 2.05) is 0 Å². The fourth-order valence-electron chi connectivity index (χ4n) is 2.20. The van der Waals surface area contributed by atoms with Crippen LogP contribution in [0.25, 0.3) is 0 Å². The predicted molar refractivity (Wildman–Crippen MR) is 90.4 cm³/mol. The molecular formula is C15H14F6N2O2S2. The first kappa shape index (κ1) is 21.9. The minimum Gasteiger partial charge on any atom is -0.611 e. The molecule has 1 aromatic carbocycles. The van der Waals surface area contributed by atoms with Crippen molar-refractivity contribution in [1.82, 2.24) is 4.90 Å². The van der Waals surface area contributed by atoms with Crippen LogP contribution in [0, 0.1) is 12.7 Å². The molecule has 0 aliphatic carbocycles. The number of amides is 1. The number of hydrogen-bond acceptors (Lipinski definition) is 4. The molecule has 1 aliphatic heterocycles. The highest BCUT2D eigenvalue weighted by molar-refractivity contribution is 8.15. The number of carbonyl (C=O) groups excluding carboxylic acids is 1. The molecule has 4 nitrogen and oxygen atoms in total. The molecule has 0 unspecified atom stereocenters. The van der Waals surface area contributed by atoms with Crippen molar-refractivity contribution < 1.29 is 35.7 Å². The van der Waals surface area contributed by atoms with E-state index in [0.717, 1.165) is 12.1 Å². The topological polar surface area (TPSA) is 55.7 Å². The van der Waals surface area contributed by atoms with Crippen LogP contribution in [0.4, 0.5) is 32.0 Å². The van der Waals surface area contributed by atoms with E-state index in [1.165, 1.54) is 6.92 Å². The van der Waals surface area contributed by atoms with Gasteiger partial charge in [-0.3, -0.25) is 9.69 Å². The Balaban J connectivity index is 2.39. The first-order chi connectivity index (χ1) is 12.3. The summed E-state index contributed by atoms with van der Waals surface area (Å²) in [5, 5.41) is -0.363. The van der Waals surface area contributed by atoms with Crippen LogP contribution in [0.2, 0.25) is 0 Å². The Labute approximate surface area is 158 Å². The molecule has 1 aliphatic rings. The number of hydrogen-bond donors (Lipinski definition) is 0. The molecule has 0 spiro atoms. The van der Waals surface area contributed by atoms with Crippen molar-refractivity contribution in [3.05, 3.63) is 23.5 Å². The Bertz CT molecular complexity index is 764. The molecule has 150 valence electrons. The molecule has 1 aromatic rings. The third-order valence-electron chi connectivity index (χ3n) is 3.28. The summed E-state index contributed by atoms with van der Waals surface area (Å²) < 4.78 is 90.3. The Morgan fingerprint density at radius 1 is 1.30 bits per heavy atom. The fourth-order valence-corrected chi connectivity index (χ4v) is 4.37. The highest BCUT2D eigenvalue weighted by Gasteiger charge is 2.39. The number of alkyl halides is 5. The Morgan fingerprint density at radius 2 is 1.93 bits per heavy atom. The van der Waals surface area contributed by atoms with E-state index >= 15 is 0 Å². The molecule has 1 atom stereocenters. The molecule has 1 amide bonds. The Morgan fingerprint density at radius 3 is 2.48 bits per heavy atom. The van der Waals surface area contributed by atoms with Crippen LogP contribution in [0.5, 0.6) is 0 Å². The summed E-state index contributed by atoms with van der Waals surface area (Å²) in [6.07, 6.45) is -4.67. The van der Waals surface area contributed by atoms with Gasteiger partial charge in [0.15, 0.2) is 15.8 Å². The maximum atomic E-state index is 14.2. The maximum Gasteiger partial charge on any atom is 0.406 e. The van der Waals surface area contributed by atoms with Gasteiger partial charge in [0.2, 0.25) is 5.91 Å². The monoisotopic (exact) mass is 432 g/mol. The lowest BCUT2D eigenvalue weighted by Gasteiger charge is -2.19. The molecule has 27 heavy (non-hydrogen) atoms. The van der Waals surface area contributed by atoms with Gasteiger partial charge in [0.05, 0.1) is 5.75 Å². The van der Waals surface area contributed by atoms with Crippen LogP contribution in [0.15, 0.2) is 22.0 Å². The molecule has 0 radical (unpaired) electrons. The van der Waals surface area contributed by atoms with Crippen LogP contribution >= 0.6 is 11.8 Å². The zero-order valence-electron chi connectivity index (χ0n) is 14.1. The largest absolute Gasteiger partial charge is 0.611 e. The summed E-state index contributed by atoms with van der Waals surface area (Å²) in [4.78, 5) is 15.6. The predicted octanol–water partition coefficient (Wildman–Crippen LogP) is 4.02. The van der Waals surface area contributed by atoms with Crippen molar-refractivity contribution in [3.8, 4) is 0 Å². The van der Waals surface area contributed by atoms with Gasteiger partial charge in [-0.15, -0.1) is 0 Å². The molecule has 12 heteroatoms. The van der Waals surface area contributed by atoms with Gasteiger partial charge in [-0.2, -0.15) is 13.2 Å². The van der Waals surface area contributed by atoms with E-state index in [1.54, 1.807) is 0 Å². The van der Waals surface area contributed by atoms with E-state index in [-0.39, 0.29) is 21.4 Å². The molecule has 0 N–H and O–H groups in total. The van der Waals surface area contributed by atoms with Gasteiger partial charge in [-0.1, -0.05) is 11.8 Å². The molecule has 0 saturated carbocycles. The van der Waals surface area contributed by atoms with Crippen molar-refractivity contribution in [2.75, 3.05) is 18.1 Å². The van der Waals surface area contributed by atoms with Crippen LogP contribution in [0.1, 0.15) is 12.5 Å². The lowest BCUT2D eigenvalue weighted by molar-refractivity contribution is -0.150. The van der Waals surface area contributed by atoms with E-state index in [9.17, 15) is 35.7 Å². The van der Waals surface area contributed by atoms with Crippen molar-refractivity contribution in [2.24, 2.45) is 4.99 Å². The standard InChI is InChI=1S/C15H14F6N2O2S2/c1-8-3-9(16)10(4-11(8)27(25)7-14(2,17)18)22-13-23(6-15(19,20)21)12(24)5-26-13/h3-4H,5-7H2,1-2H3/t27-/m1/s1. The lowest BCUT2D eigenvalue weighted by atomic mass is 10.2. The molecule has 1 saturated heterocycles. The molecule has 1 fully saturated rings. The Kier molecular flexibility index (Phi) is 6.42. The number of thioether (sulfide) groups is 1. The second-order valence-electron chi connectivity index (χ2n) is 5.91. The summed E-state index contributed by atoms with van der Waals surface area (Å²) in [6.45, 7) is 0.373. The second-order valence-corrected chi connectivity index (χ2v) is 8.27. The number of rotatable bonds is 5. The van der Waals surface area contributed by atoms with Crippen molar-refractivity contribution in [1.29, 1.82) is 0 Å². The molecule has 0 aromatic heterocycles. The van der Waals surface area contributed by atoms with Crippen molar-refractivity contribution >= 4 is 39.7 Å². The average molecular weight is 432 g/mol. The number of aliphatic imine (C=N–C) groups is 1. The maximum absolute atomic E-state index is 14.2. The first-order valence-electron chi connectivity index (χ1n) is 7.42. The van der Waals surface area contributed by atoms with Gasteiger partial charge in [0, 0.05) is 18.6 Å². The number of nitrogens with zero attached hydrogens (tertiary/aromatic N) is 2. The van der Waals surface area contributed by atoms with Gasteiger partial charge in [-0.05, 0) is 24.2 Å². The lowest BCUT2D eigenvalue weighted by Crippen LogP contribution is -2.38. The zero-order chi connectivity index (χ0) is 20.6. The Hall–Kier alpha value is -1.40. The zero-order valence-corrected chi connectivity index (χ0v) is 15.7. The van der Waals surface area contributed by atoms with Gasteiger partial charge in [0.25, 0.3) is 5.92 Å². The number of benzene rings is 1. The smallest absolute Gasteiger partial charge is 0.406 e. The number of amidine groups is 1. The van der Waals surface area contributed by atoms with Crippen molar-refractivity contribution in [3.63, 3.8) is 0 Å². The summed E-state index contributed by atoms with van der Waals surface area (Å²) in [7, 11) is 0. The highest BCUT2D eigenvalue weighted by Crippen LogP contribution is 2.32. The third-order valence-corrected chi connectivity index (χ3v) is 5.95. The molecule has 2 rings (SSSR count). The number of carbonyl (C=O) groups is 1. The molecule has 0 bridgehead atoms. The third kappa shape index (κ3) is 6.04. The normalized spacial score (nSPS) is 18.5. The van der Waals surface area contributed by atoms with Gasteiger partial charge in [-0.25, -0.2) is 18.2 Å². The number of halogens is 6. The van der Waals surface area contributed by atoms with E-state index in [2.05, 4.69) is 4.99 Å². The SMILES string of the molecule is Cc1cc(F)c(N=C2SCC(=O)N2CC(F)(F)F)cc1[S@+]([O-])CC(C)(F)F. The van der Waals surface area contributed by atoms with Crippen LogP contribution in [0.3, 0.4) is 0 Å². The van der Waals surface area contributed by atoms with E-state index < -0.39 is 53.0 Å². The molecular weight excluding hydrogens is 418 g/mol. The van der Waals surface area contributed by atoms with Crippen molar-refractivity contribution in [2.45, 2.75) is 30.8 Å². The van der Waals surface area contributed by atoms with E-state index in [0.29, 0.717) is 23.6 Å². The van der Waals surface area contributed by atoms with Crippen LogP contribution < -0.4 is 0 Å². The highest BCUT2D eigenvalue weighted by atomic mass is 32.2. The second kappa shape index (κ2) is 7.92. The quantitative estimate of drug-likeness (QED) is 0.522. The summed E-state index contributed by atoms with van der Waals surface area (Å²) in [6, 6.07) is 1.87. The van der Waals surface area contributed by atoms with Crippen LogP contribution in [-0.2, 0) is 16.0 Å². The summed E-state index contributed by atoms with van der Waals surface area (Å²) >= 11 is -1.48. The molecule has 1 heterocycles. The minimum atomic E-state index is -4.67. The first-order valence-corrected chi connectivity index (χ1v) is 9.72. The number of aryl methyl sites for hydroxylation is 1. The summed E-state index contributed by atoms with van der Waals surface area (Å²) in [5.41, 5.74) is -0.339. The van der Waals surface area contributed by atoms with E-state index in [4.69, 9.17) is 0 Å². The fraction of sp³-hybridized carbons (Fsp3) is 0.467.